The van der Waals surface area contributed by atoms with Gasteiger partial charge in [-0.05, 0) is 80.7 Å². The third-order valence-electron chi connectivity index (χ3n) is 5.61. The monoisotopic (exact) mass is 382 g/mol. The van der Waals surface area contributed by atoms with Gasteiger partial charge in [-0.2, -0.15) is 0 Å². The van der Waals surface area contributed by atoms with E-state index in [-0.39, 0.29) is 23.7 Å². The first-order chi connectivity index (χ1) is 13.5. The SMILES string of the molecule is COc1ccc2c(c1)CCC2NC(=O)CC[C@H](Cc1ccc(O)cc1)N(C)C. The molecule has 2 aromatic carbocycles. The Hall–Kier alpha value is -2.53. The lowest BCUT2D eigenvalue weighted by atomic mass is 10.0. The highest BCUT2D eigenvalue weighted by Crippen LogP contribution is 2.33. The molecule has 0 radical (unpaired) electrons. The Labute approximate surface area is 167 Å². The maximum absolute atomic E-state index is 12.6. The molecule has 5 nitrogen and oxygen atoms in total. The molecule has 0 spiro atoms. The highest BCUT2D eigenvalue weighted by atomic mass is 16.5. The van der Waals surface area contributed by atoms with Gasteiger partial charge in [-0.25, -0.2) is 0 Å². The van der Waals surface area contributed by atoms with Gasteiger partial charge in [-0.15, -0.1) is 0 Å². The summed E-state index contributed by atoms with van der Waals surface area (Å²) in [4.78, 5) is 14.7. The van der Waals surface area contributed by atoms with Crippen LogP contribution in [-0.2, 0) is 17.6 Å². The number of nitrogens with zero attached hydrogens (tertiary/aromatic N) is 1. The molecule has 3 rings (SSSR count). The van der Waals surface area contributed by atoms with Gasteiger partial charge in [0.15, 0.2) is 0 Å². The maximum atomic E-state index is 12.6. The molecule has 2 aromatic rings. The van der Waals surface area contributed by atoms with E-state index in [1.807, 2.05) is 32.3 Å². The molecule has 0 heterocycles. The van der Waals surface area contributed by atoms with E-state index in [0.29, 0.717) is 6.42 Å². The van der Waals surface area contributed by atoms with Gasteiger partial charge in [0.2, 0.25) is 5.91 Å². The summed E-state index contributed by atoms with van der Waals surface area (Å²) < 4.78 is 5.29. The third-order valence-corrected chi connectivity index (χ3v) is 5.61. The molecule has 28 heavy (non-hydrogen) atoms. The zero-order valence-electron chi connectivity index (χ0n) is 16.9. The lowest BCUT2D eigenvalue weighted by molar-refractivity contribution is -0.122. The smallest absolute Gasteiger partial charge is 0.220 e. The summed E-state index contributed by atoms with van der Waals surface area (Å²) in [6, 6.07) is 13.8. The first kappa shape index (κ1) is 20.2. The van der Waals surface area contributed by atoms with Crippen LogP contribution in [0.5, 0.6) is 11.5 Å². The predicted molar refractivity (Wildman–Crippen MR) is 111 cm³/mol. The molecule has 1 aliphatic rings. The van der Waals surface area contributed by atoms with Gasteiger partial charge in [0, 0.05) is 12.5 Å². The lowest BCUT2D eigenvalue weighted by Crippen LogP contribution is -2.33. The van der Waals surface area contributed by atoms with Crippen LogP contribution in [0.3, 0.4) is 0 Å². The Morgan fingerprint density at radius 2 is 2.00 bits per heavy atom. The number of benzene rings is 2. The minimum atomic E-state index is 0.100. The molecular weight excluding hydrogens is 352 g/mol. The van der Waals surface area contributed by atoms with Crippen LogP contribution >= 0.6 is 0 Å². The fraction of sp³-hybridized carbons (Fsp3) is 0.435. The average molecular weight is 383 g/mol. The second kappa shape index (κ2) is 9.11. The fourth-order valence-electron chi connectivity index (χ4n) is 3.88. The molecule has 5 heteroatoms. The van der Waals surface area contributed by atoms with Crippen LogP contribution < -0.4 is 10.1 Å². The number of carbonyl (C=O) groups excluding carboxylic acids is 1. The summed E-state index contributed by atoms with van der Waals surface area (Å²) in [6.07, 6.45) is 4.06. The van der Waals surface area contributed by atoms with E-state index in [0.717, 1.165) is 37.0 Å². The Balaban J connectivity index is 1.54. The molecule has 1 aliphatic carbocycles. The molecule has 1 unspecified atom stereocenters. The van der Waals surface area contributed by atoms with E-state index in [4.69, 9.17) is 4.74 Å². The van der Waals surface area contributed by atoms with Crippen LogP contribution in [0.1, 0.15) is 42.0 Å². The molecule has 1 amide bonds. The van der Waals surface area contributed by atoms with Crippen molar-refractivity contribution in [3.05, 3.63) is 59.2 Å². The number of likely N-dealkylation sites (N-methyl/N-ethyl adjacent to an activating group) is 1. The first-order valence-electron chi connectivity index (χ1n) is 9.86. The molecule has 2 atom stereocenters. The van der Waals surface area contributed by atoms with E-state index in [9.17, 15) is 9.90 Å². The highest BCUT2D eigenvalue weighted by Gasteiger charge is 2.24. The van der Waals surface area contributed by atoms with Gasteiger partial charge < -0.3 is 20.1 Å². The molecule has 0 bridgehead atoms. The first-order valence-corrected chi connectivity index (χ1v) is 9.86. The molecule has 0 aromatic heterocycles. The summed E-state index contributed by atoms with van der Waals surface area (Å²) >= 11 is 0. The second-order valence-electron chi connectivity index (χ2n) is 7.75. The van der Waals surface area contributed by atoms with Crippen LogP contribution in [-0.4, -0.2) is 43.2 Å². The van der Waals surface area contributed by atoms with Crippen molar-refractivity contribution >= 4 is 5.91 Å². The van der Waals surface area contributed by atoms with Crippen LogP contribution in [0.2, 0.25) is 0 Å². The number of aromatic hydroxyl groups is 1. The maximum Gasteiger partial charge on any atom is 0.220 e. The Kier molecular flexibility index (Phi) is 6.57. The number of hydrogen-bond acceptors (Lipinski definition) is 4. The van der Waals surface area contributed by atoms with E-state index in [1.54, 1.807) is 19.2 Å². The molecule has 150 valence electrons. The number of aryl methyl sites for hydroxylation is 1. The highest BCUT2D eigenvalue weighted by molar-refractivity contribution is 5.76. The summed E-state index contributed by atoms with van der Waals surface area (Å²) in [5, 5.41) is 12.6. The van der Waals surface area contributed by atoms with Crippen molar-refractivity contribution < 1.29 is 14.6 Å². The Bertz CT molecular complexity index is 802. The number of carbonyl (C=O) groups is 1. The van der Waals surface area contributed by atoms with Gasteiger partial charge in [0.1, 0.15) is 11.5 Å². The van der Waals surface area contributed by atoms with Gasteiger partial charge in [0.25, 0.3) is 0 Å². The second-order valence-corrected chi connectivity index (χ2v) is 7.75. The molecular formula is C23H30N2O3. The summed E-state index contributed by atoms with van der Waals surface area (Å²) in [5.74, 6) is 1.25. The van der Waals surface area contributed by atoms with Crippen molar-refractivity contribution in [1.82, 2.24) is 10.2 Å². The van der Waals surface area contributed by atoms with Gasteiger partial charge >= 0.3 is 0 Å². The number of rotatable bonds is 8. The Morgan fingerprint density at radius 1 is 1.25 bits per heavy atom. The van der Waals surface area contributed by atoms with E-state index in [2.05, 4.69) is 22.3 Å². The quantitative estimate of drug-likeness (QED) is 0.734. The molecule has 0 saturated carbocycles. The van der Waals surface area contributed by atoms with E-state index < -0.39 is 0 Å². The zero-order chi connectivity index (χ0) is 20.1. The summed E-state index contributed by atoms with van der Waals surface area (Å²) in [7, 11) is 5.77. The van der Waals surface area contributed by atoms with Crippen molar-refractivity contribution in [2.24, 2.45) is 0 Å². The molecule has 0 fully saturated rings. The predicted octanol–water partition coefficient (Wildman–Crippen LogP) is 3.46. The fourth-order valence-corrected chi connectivity index (χ4v) is 3.88. The number of phenolic OH excluding ortho intramolecular Hbond substituents is 1. The molecule has 2 N–H and O–H groups in total. The van der Waals surface area contributed by atoms with Crippen molar-refractivity contribution in [3.63, 3.8) is 0 Å². The third kappa shape index (κ3) is 5.04. The van der Waals surface area contributed by atoms with Gasteiger partial charge in [-0.3, -0.25) is 4.79 Å². The van der Waals surface area contributed by atoms with Crippen LogP contribution in [0.25, 0.3) is 0 Å². The summed E-state index contributed by atoms with van der Waals surface area (Å²) in [6.45, 7) is 0. The largest absolute Gasteiger partial charge is 0.508 e. The van der Waals surface area contributed by atoms with Crippen molar-refractivity contribution in [3.8, 4) is 11.5 Å². The van der Waals surface area contributed by atoms with Crippen molar-refractivity contribution in [2.45, 2.75) is 44.2 Å². The van der Waals surface area contributed by atoms with Crippen molar-refractivity contribution in [2.75, 3.05) is 21.2 Å². The van der Waals surface area contributed by atoms with Crippen LogP contribution in [0.4, 0.5) is 0 Å². The van der Waals surface area contributed by atoms with Gasteiger partial charge in [-0.1, -0.05) is 18.2 Å². The van der Waals surface area contributed by atoms with Crippen molar-refractivity contribution in [1.29, 1.82) is 0 Å². The van der Waals surface area contributed by atoms with E-state index in [1.165, 1.54) is 11.1 Å². The number of fused-ring (bicyclic) bond motifs is 1. The van der Waals surface area contributed by atoms with Gasteiger partial charge in [0.05, 0.1) is 13.2 Å². The number of ether oxygens (including phenoxy) is 1. The van der Waals surface area contributed by atoms with E-state index >= 15 is 0 Å². The molecule has 0 aliphatic heterocycles. The Morgan fingerprint density at radius 3 is 2.68 bits per heavy atom. The number of methoxy groups -OCH3 is 1. The number of hydrogen-bond donors (Lipinski definition) is 2. The average Bonchev–Trinajstić information content (AvgIpc) is 3.08. The minimum absolute atomic E-state index is 0.100. The number of nitrogens with one attached hydrogen (secondary N) is 1. The number of amides is 1. The topological polar surface area (TPSA) is 61.8 Å². The van der Waals surface area contributed by atoms with Crippen LogP contribution in [0, 0.1) is 0 Å². The standard InChI is InChI=1S/C23H30N2O3/c1-25(2)18(14-16-4-8-19(26)9-5-16)7-13-23(27)24-22-12-6-17-15-20(28-3)10-11-21(17)22/h4-5,8-11,15,18,22,26H,6-7,12-14H2,1-3H3,(H,24,27)/t18-,22?/m1/s1. The minimum Gasteiger partial charge on any atom is -0.508 e. The normalized spacial score (nSPS) is 16.6. The molecule has 0 saturated heterocycles. The zero-order valence-corrected chi connectivity index (χ0v) is 16.9. The van der Waals surface area contributed by atoms with Crippen LogP contribution in [0.15, 0.2) is 42.5 Å². The number of phenols is 1. The lowest BCUT2D eigenvalue weighted by Gasteiger charge is -2.24. The summed E-state index contributed by atoms with van der Waals surface area (Å²) in [5.41, 5.74) is 3.64.